The molecule has 0 radical (unpaired) electrons. The molecule has 1 aromatic heterocycles. The molecule has 0 saturated heterocycles. The highest BCUT2D eigenvalue weighted by atomic mass is 35.5. The average Bonchev–Trinajstić information content (AvgIpc) is 2.52. The number of anilines is 1. The number of hydrogen-bond acceptors (Lipinski definition) is 3. The first-order valence-corrected chi connectivity index (χ1v) is 4.91. The van der Waals surface area contributed by atoms with Gasteiger partial charge in [-0.1, -0.05) is 22.9 Å². The minimum Gasteiger partial charge on any atom is -0.381 e. The van der Waals surface area contributed by atoms with Gasteiger partial charge in [0, 0.05) is 0 Å². The van der Waals surface area contributed by atoms with Crippen LogP contribution in [0.1, 0.15) is 11.3 Å². The van der Waals surface area contributed by atoms with Crippen LogP contribution in [0.15, 0.2) is 18.2 Å². The van der Waals surface area contributed by atoms with Crippen molar-refractivity contribution < 1.29 is 0 Å². The summed E-state index contributed by atoms with van der Waals surface area (Å²) >= 11 is 6.08. The fourth-order valence-corrected chi connectivity index (χ4v) is 1.55. The lowest BCUT2D eigenvalue weighted by molar-refractivity contribution is 0.785. The second kappa shape index (κ2) is 3.55. The van der Waals surface area contributed by atoms with Crippen LogP contribution in [0.25, 0.3) is 5.69 Å². The predicted octanol–water partition coefficient (Wildman–Crippen LogP) is 2.12. The van der Waals surface area contributed by atoms with Crippen LogP contribution in [0, 0.1) is 13.8 Å². The van der Waals surface area contributed by atoms with Gasteiger partial charge < -0.3 is 5.73 Å². The molecule has 0 aliphatic carbocycles. The van der Waals surface area contributed by atoms with Crippen molar-refractivity contribution in [3.63, 3.8) is 0 Å². The summed E-state index contributed by atoms with van der Waals surface area (Å²) in [6, 6.07) is 5.73. The maximum absolute atomic E-state index is 6.08. The van der Waals surface area contributed by atoms with E-state index in [1.54, 1.807) is 4.68 Å². The maximum atomic E-state index is 6.08. The number of aryl methyl sites for hydroxylation is 1. The molecule has 78 valence electrons. The Balaban J connectivity index is 2.63. The van der Waals surface area contributed by atoms with Gasteiger partial charge in [-0.2, -0.15) is 0 Å². The SMILES string of the molecule is Cc1ccc(Cl)c(-n2nnc(N)c2C)c1. The van der Waals surface area contributed by atoms with Gasteiger partial charge in [0.1, 0.15) is 0 Å². The lowest BCUT2D eigenvalue weighted by Gasteiger charge is -2.06. The third-order valence-electron chi connectivity index (χ3n) is 2.26. The third-order valence-corrected chi connectivity index (χ3v) is 2.58. The minimum atomic E-state index is 0.424. The van der Waals surface area contributed by atoms with E-state index in [4.69, 9.17) is 17.3 Å². The number of nitrogens with two attached hydrogens (primary N) is 1. The molecule has 0 aliphatic heterocycles. The average molecular weight is 223 g/mol. The zero-order valence-electron chi connectivity index (χ0n) is 8.53. The second-order valence-corrected chi connectivity index (χ2v) is 3.83. The Hall–Kier alpha value is -1.55. The summed E-state index contributed by atoms with van der Waals surface area (Å²) in [4.78, 5) is 0. The van der Waals surface area contributed by atoms with Crippen molar-refractivity contribution >= 4 is 17.4 Å². The molecule has 0 aliphatic rings. The van der Waals surface area contributed by atoms with E-state index in [1.165, 1.54) is 0 Å². The second-order valence-electron chi connectivity index (χ2n) is 3.43. The summed E-state index contributed by atoms with van der Waals surface area (Å²) in [7, 11) is 0. The van der Waals surface area contributed by atoms with Gasteiger partial charge >= 0.3 is 0 Å². The normalized spacial score (nSPS) is 10.6. The highest BCUT2D eigenvalue weighted by Crippen LogP contribution is 2.23. The molecular formula is C10H11ClN4. The number of aromatic nitrogens is 3. The zero-order valence-corrected chi connectivity index (χ0v) is 9.28. The van der Waals surface area contributed by atoms with Gasteiger partial charge in [-0.05, 0) is 31.5 Å². The van der Waals surface area contributed by atoms with Gasteiger partial charge in [0.05, 0.1) is 16.4 Å². The maximum Gasteiger partial charge on any atom is 0.169 e. The van der Waals surface area contributed by atoms with Crippen molar-refractivity contribution in [3.05, 3.63) is 34.5 Å². The smallest absolute Gasteiger partial charge is 0.169 e. The van der Waals surface area contributed by atoms with Crippen molar-refractivity contribution in [2.24, 2.45) is 0 Å². The number of nitrogen functional groups attached to an aromatic ring is 1. The first-order valence-electron chi connectivity index (χ1n) is 4.54. The van der Waals surface area contributed by atoms with Gasteiger partial charge in [0.25, 0.3) is 0 Å². The Bertz CT molecular complexity index is 504. The molecule has 4 nitrogen and oxygen atoms in total. The molecule has 1 heterocycles. The topological polar surface area (TPSA) is 56.7 Å². The van der Waals surface area contributed by atoms with Crippen molar-refractivity contribution in [2.45, 2.75) is 13.8 Å². The minimum absolute atomic E-state index is 0.424. The van der Waals surface area contributed by atoms with E-state index in [-0.39, 0.29) is 0 Å². The molecule has 0 spiro atoms. The molecule has 0 atom stereocenters. The molecule has 0 saturated carbocycles. The van der Waals surface area contributed by atoms with Crippen LogP contribution in [0.4, 0.5) is 5.82 Å². The molecule has 1 aromatic carbocycles. The Morgan fingerprint density at radius 2 is 2.07 bits per heavy atom. The molecule has 2 rings (SSSR count). The molecular weight excluding hydrogens is 212 g/mol. The van der Waals surface area contributed by atoms with Crippen LogP contribution in [0.5, 0.6) is 0 Å². The molecule has 0 unspecified atom stereocenters. The van der Waals surface area contributed by atoms with Crippen LogP contribution >= 0.6 is 11.6 Å². The van der Waals surface area contributed by atoms with Gasteiger partial charge in [-0.3, -0.25) is 0 Å². The van der Waals surface area contributed by atoms with Crippen molar-refractivity contribution in [3.8, 4) is 5.69 Å². The number of benzene rings is 1. The predicted molar refractivity (Wildman–Crippen MR) is 60.3 cm³/mol. The fourth-order valence-electron chi connectivity index (χ4n) is 1.35. The van der Waals surface area contributed by atoms with E-state index in [1.807, 2.05) is 32.0 Å². The molecule has 0 bridgehead atoms. The van der Waals surface area contributed by atoms with E-state index in [0.29, 0.717) is 10.8 Å². The van der Waals surface area contributed by atoms with Gasteiger partial charge in [-0.25, -0.2) is 4.68 Å². The lowest BCUT2D eigenvalue weighted by Crippen LogP contribution is -2.01. The van der Waals surface area contributed by atoms with Gasteiger partial charge in [0.2, 0.25) is 0 Å². The van der Waals surface area contributed by atoms with E-state index in [9.17, 15) is 0 Å². The summed E-state index contributed by atoms with van der Waals surface area (Å²) in [6.45, 7) is 3.85. The monoisotopic (exact) mass is 222 g/mol. The largest absolute Gasteiger partial charge is 0.381 e. The van der Waals surface area contributed by atoms with Gasteiger partial charge in [-0.15, -0.1) is 5.10 Å². The van der Waals surface area contributed by atoms with Gasteiger partial charge in [0.15, 0.2) is 5.82 Å². The Kier molecular flexibility index (Phi) is 2.36. The zero-order chi connectivity index (χ0) is 11.0. The summed E-state index contributed by atoms with van der Waals surface area (Å²) in [6.07, 6.45) is 0. The van der Waals surface area contributed by atoms with E-state index < -0.39 is 0 Å². The summed E-state index contributed by atoms with van der Waals surface area (Å²) < 4.78 is 1.64. The summed E-state index contributed by atoms with van der Waals surface area (Å²) in [5, 5.41) is 8.37. The van der Waals surface area contributed by atoms with Crippen molar-refractivity contribution in [1.29, 1.82) is 0 Å². The number of rotatable bonds is 1. The van der Waals surface area contributed by atoms with E-state index in [0.717, 1.165) is 16.9 Å². The van der Waals surface area contributed by atoms with Crippen LogP contribution in [-0.2, 0) is 0 Å². The highest BCUT2D eigenvalue weighted by molar-refractivity contribution is 6.32. The lowest BCUT2D eigenvalue weighted by atomic mass is 10.2. The van der Waals surface area contributed by atoms with Crippen LogP contribution in [0.3, 0.4) is 0 Å². The number of halogens is 1. The number of nitrogens with zero attached hydrogens (tertiary/aromatic N) is 3. The number of hydrogen-bond donors (Lipinski definition) is 1. The highest BCUT2D eigenvalue weighted by Gasteiger charge is 2.10. The Morgan fingerprint density at radius 1 is 1.33 bits per heavy atom. The Labute approximate surface area is 92.7 Å². The summed E-state index contributed by atoms with van der Waals surface area (Å²) in [5.41, 5.74) is 8.34. The molecule has 2 N–H and O–H groups in total. The molecule has 5 heteroatoms. The fraction of sp³-hybridized carbons (Fsp3) is 0.200. The van der Waals surface area contributed by atoms with Crippen molar-refractivity contribution in [1.82, 2.24) is 15.0 Å². The molecule has 0 fully saturated rings. The Morgan fingerprint density at radius 3 is 2.67 bits per heavy atom. The van der Waals surface area contributed by atoms with Crippen LogP contribution in [0.2, 0.25) is 5.02 Å². The first-order chi connectivity index (χ1) is 7.09. The van der Waals surface area contributed by atoms with E-state index in [2.05, 4.69) is 10.3 Å². The summed E-state index contributed by atoms with van der Waals surface area (Å²) in [5.74, 6) is 0.424. The molecule has 0 amide bonds. The van der Waals surface area contributed by atoms with Crippen molar-refractivity contribution in [2.75, 3.05) is 5.73 Å². The quantitative estimate of drug-likeness (QED) is 0.804. The van der Waals surface area contributed by atoms with Crippen LogP contribution in [-0.4, -0.2) is 15.0 Å². The molecule has 15 heavy (non-hydrogen) atoms. The first kappa shape index (κ1) is 9.98. The van der Waals surface area contributed by atoms with E-state index >= 15 is 0 Å². The van der Waals surface area contributed by atoms with Crippen LogP contribution < -0.4 is 5.73 Å². The standard InChI is InChI=1S/C10H11ClN4/c1-6-3-4-8(11)9(5-6)15-7(2)10(12)13-14-15/h3-5H,12H2,1-2H3. The third kappa shape index (κ3) is 1.68. The molecule has 2 aromatic rings.